The van der Waals surface area contributed by atoms with Crippen LogP contribution in [-0.4, -0.2) is 36.5 Å². The van der Waals surface area contributed by atoms with Crippen molar-refractivity contribution in [1.82, 2.24) is 5.32 Å². The fourth-order valence-electron chi connectivity index (χ4n) is 5.29. The van der Waals surface area contributed by atoms with Gasteiger partial charge in [0.1, 0.15) is 11.4 Å². The maximum Gasteiger partial charge on any atom is 0.413 e. The molecule has 1 N–H and O–H groups in total. The number of carbonyl (C=O) groups is 2. The van der Waals surface area contributed by atoms with Crippen molar-refractivity contribution in [3.63, 3.8) is 0 Å². The summed E-state index contributed by atoms with van der Waals surface area (Å²) >= 11 is 3.57. The number of amidine groups is 1. The number of carbonyl (C=O) groups excluding carboxylic acids is 2. The minimum absolute atomic E-state index is 0.00874. The van der Waals surface area contributed by atoms with Gasteiger partial charge in [-0.3, -0.25) is 15.1 Å². The molecule has 1 aromatic rings. The van der Waals surface area contributed by atoms with E-state index in [1.165, 1.54) is 0 Å². The molecule has 3 rings (SSSR count). The van der Waals surface area contributed by atoms with Crippen molar-refractivity contribution >= 4 is 33.6 Å². The van der Waals surface area contributed by atoms with Crippen LogP contribution in [0.3, 0.4) is 0 Å². The molecule has 0 radical (unpaired) electrons. The zero-order valence-corrected chi connectivity index (χ0v) is 22.9. The van der Waals surface area contributed by atoms with Gasteiger partial charge >= 0.3 is 6.09 Å². The van der Waals surface area contributed by atoms with E-state index in [0.717, 1.165) is 47.7 Å². The first-order valence-electron chi connectivity index (χ1n) is 11.8. The number of benzene rings is 1. The zero-order valence-electron chi connectivity index (χ0n) is 21.3. The fraction of sp³-hybridized carbons (Fsp3) is 0.654. The summed E-state index contributed by atoms with van der Waals surface area (Å²) in [6, 6.07) is 6.11. The Morgan fingerprint density at radius 1 is 1.15 bits per heavy atom. The summed E-state index contributed by atoms with van der Waals surface area (Å²) in [6.07, 6.45) is 3.85. The molecule has 1 atom stereocenters. The highest BCUT2D eigenvalue weighted by Crippen LogP contribution is 2.60. The highest BCUT2D eigenvalue weighted by atomic mass is 79.9. The minimum atomic E-state index is -1.05. The Morgan fingerprint density at radius 2 is 1.76 bits per heavy atom. The van der Waals surface area contributed by atoms with Crippen molar-refractivity contribution in [2.75, 3.05) is 7.11 Å². The van der Waals surface area contributed by atoms with Gasteiger partial charge in [0.25, 0.3) is 0 Å². The standard InChI is InChI=1S/C24H33BrN2O4.C2H6/c1-15(28)24(27-16(2)26-21(29)31-22(3,4)5)20-13-18(25)8-7-17(20)14-23(24)11-9-19(30-6)10-12-23;1-2/h7-8,13,19H,9-12,14H2,1-6H3,(H,26,27,29);1-2H3. The maximum atomic E-state index is 13.4. The number of halogens is 1. The molecule has 0 aliphatic heterocycles. The quantitative estimate of drug-likeness (QED) is 0.371. The van der Waals surface area contributed by atoms with Crippen LogP contribution in [0.1, 0.15) is 85.3 Å². The molecular weight excluding hydrogens is 484 g/mol. The van der Waals surface area contributed by atoms with E-state index in [2.05, 4.69) is 27.3 Å². The molecule has 1 aromatic carbocycles. The first kappa shape index (κ1) is 27.5. The zero-order chi connectivity index (χ0) is 25.0. The van der Waals surface area contributed by atoms with Gasteiger partial charge in [0, 0.05) is 17.0 Å². The van der Waals surface area contributed by atoms with Crippen LogP contribution in [0.2, 0.25) is 0 Å². The number of fused-ring (bicyclic) bond motifs is 1. The largest absolute Gasteiger partial charge is 0.444 e. The van der Waals surface area contributed by atoms with E-state index in [-0.39, 0.29) is 17.3 Å². The van der Waals surface area contributed by atoms with Crippen LogP contribution in [0, 0.1) is 5.41 Å². The average molecular weight is 524 g/mol. The maximum absolute atomic E-state index is 13.4. The highest BCUT2D eigenvalue weighted by molar-refractivity contribution is 9.10. The molecule has 1 unspecified atom stereocenters. The van der Waals surface area contributed by atoms with Gasteiger partial charge in [-0.25, -0.2) is 4.79 Å². The molecule has 184 valence electrons. The normalized spacial score (nSPS) is 26.8. The van der Waals surface area contributed by atoms with Crippen molar-refractivity contribution in [3.05, 3.63) is 33.8 Å². The topological polar surface area (TPSA) is 77.0 Å². The number of nitrogens with one attached hydrogen (secondary N) is 1. The molecule has 1 fully saturated rings. The number of amides is 1. The number of nitrogens with zero attached hydrogens (tertiary/aromatic N) is 1. The summed E-state index contributed by atoms with van der Waals surface area (Å²) < 4.78 is 11.9. The third-order valence-electron chi connectivity index (χ3n) is 6.51. The smallest absolute Gasteiger partial charge is 0.413 e. The molecule has 1 spiro atoms. The Morgan fingerprint density at radius 3 is 2.27 bits per heavy atom. The van der Waals surface area contributed by atoms with Gasteiger partial charge in [0.2, 0.25) is 0 Å². The lowest BCUT2D eigenvalue weighted by Crippen LogP contribution is -2.50. The van der Waals surface area contributed by atoms with Gasteiger partial charge in [-0.15, -0.1) is 0 Å². The minimum Gasteiger partial charge on any atom is -0.444 e. The second-order valence-corrected chi connectivity index (χ2v) is 10.7. The van der Waals surface area contributed by atoms with Crippen LogP contribution in [0.25, 0.3) is 0 Å². The Bertz CT molecular complexity index is 898. The van der Waals surface area contributed by atoms with Gasteiger partial charge in [-0.05, 0) is 90.0 Å². The van der Waals surface area contributed by atoms with Crippen molar-refractivity contribution in [2.45, 2.75) is 97.8 Å². The SMILES string of the molecule is CC.COC1CCC2(CC1)Cc1ccc(Br)cc1C2(N=C(C)NC(=O)OC(C)(C)C)C(C)=O. The summed E-state index contributed by atoms with van der Waals surface area (Å²) in [5.41, 5.74) is 0.0593. The van der Waals surface area contributed by atoms with Gasteiger partial charge in [0.05, 0.1) is 6.10 Å². The van der Waals surface area contributed by atoms with E-state index < -0.39 is 17.2 Å². The molecule has 1 amide bonds. The molecule has 7 heteroatoms. The van der Waals surface area contributed by atoms with Crippen LogP contribution >= 0.6 is 15.9 Å². The molecule has 2 aliphatic rings. The average Bonchev–Trinajstić information content (AvgIpc) is 2.98. The molecule has 33 heavy (non-hydrogen) atoms. The van der Waals surface area contributed by atoms with Gasteiger partial charge in [-0.2, -0.15) is 0 Å². The predicted molar refractivity (Wildman–Crippen MR) is 136 cm³/mol. The summed E-state index contributed by atoms with van der Waals surface area (Å²) in [5.74, 6) is 0.371. The molecule has 0 aromatic heterocycles. The Hall–Kier alpha value is -1.73. The summed E-state index contributed by atoms with van der Waals surface area (Å²) in [4.78, 5) is 30.7. The Balaban J connectivity index is 0.00000187. The third-order valence-corrected chi connectivity index (χ3v) is 7.00. The van der Waals surface area contributed by atoms with E-state index in [4.69, 9.17) is 14.5 Å². The predicted octanol–water partition coefficient (Wildman–Crippen LogP) is 6.33. The second-order valence-electron chi connectivity index (χ2n) is 9.78. The van der Waals surface area contributed by atoms with Gasteiger partial charge < -0.3 is 9.47 Å². The first-order valence-corrected chi connectivity index (χ1v) is 12.6. The first-order chi connectivity index (χ1) is 15.4. The lowest BCUT2D eigenvalue weighted by Gasteiger charge is -2.46. The lowest BCUT2D eigenvalue weighted by atomic mass is 9.60. The number of alkyl carbamates (subject to hydrolysis) is 1. The number of methoxy groups -OCH3 is 1. The van der Waals surface area contributed by atoms with Crippen LogP contribution in [0.4, 0.5) is 4.79 Å². The Labute approximate surface area is 207 Å². The number of rotatable bonds is 3. The molecular formula is C26H39BrN2O4. The van der Waals surface area contributed by atoms with Crippen LogP contribution in [0.5, 0.6) is 0 Å². The summed E-state index contributed by atoms with van der Waals surface area (Å²) in [7, 11) is 1.74. The third kappa shape index (κ3) is 5.68. The number of ketones is 1. The number of ether oxygens (including phenoxy) is 2. The number of hydrogen-bond acceptors (Lipinski definition) is 5. The monoisotopic (exact) mass is 522 g/mol. The van der Waals surface area contributed by atoms with Crippen molar-refractivity contribution in [1.29, 1.82) is 0 Å². The fourth-order valence-corrected chi connectivity index (χ4v) is 5.65. The van der Waals surface area contributed by atoms with Crippen LogP contribution in [0.15, 0.2) is 27.7 Å². The van der Waals surface area contributed by atoms with Crippen LogP contribution < -0.4 is 5.32 Å². The molecule has 0 heterocycles. The van der Waals surface area contributed by atoms with Gasteiger partial charge in [0.15, 0.2) is 11.3 Å². The van der Waals surface area contributed by atoms with Crippen molar-refractivity contribution in [3.8, 4) is 0 Å². The number of aliphatic imine (C=N–C) groups is 1. The molecule has 6 nitrogen and oxygen atoms in total. The van der Waals surface area contributed by atoms with E-state index in [9.17, 15) is 9.59 Å². The highest BCUT2D eigenvalue weighted by Gasteiger charge is 2.61. The second kappa shape index (κ2) is 10.7. The van der Waals surface area contributed by atoms with Gasteiger partial charge in [-0.1, -0.05) is 35.8 Å². The molecule has 2 aliphatic carbocycles. The van der Waals surface area contributed by atoms with Crippen LogP contribution in [-0.2, 0) is 26.2 Å². The lowest BCUT2D eigenvalue weighted by molar-refractivity contribution is -0.129. The molecule has 0 bridgehead atoms. The number of Topliss-reactive ketones (excluding diaryl/α,β-unsaturated/α-hetero) is 1. The van der Waals surface area contributed by atoms with E-state index in [1.54, 1.807) is 21.0 Å². The van der Waals surface area contributed by atoms with E-state index >= 15 is 0 Å². The Kier molecular flexibility index (Phi) is 8.91. The summed E-state index contributed by atoms with van der Waals surface area (Å²) in [6.45, 7) is 12.8. The van der Waals surface area contributed by atoms with Crippen molar-refractivity contribution < 1.29 is 19.1 Å². The van der Waals surface area contributed by atoms with Crippen molar-refractivity contribution in [2.24, 2.45) is 10.4 Å². The molecule has 0 saturated heterocycles. The summed E-state index contributed by atoms with van der Waals surface area (Å²) in [5, 5.41) is 2.73. The molecule has 1 saturated carbocycles. The van der Waals surface area contributed by atoms with E-state index in [0.29, 0.717) is 5.84 Å². The van der Waals surface area contributed by atoms with E-state index in [1.807, 2.05) is 46.8 Å². The number of hydrogen-bond donors (Lipinski definition) is 1.